The van der Waals surface area contributed by atoms with Gasteiger partial charge >= 0.3 is 0 Å². The summed E-state index contributed by atoms with van der Waals surface area (Å²) in [5.74, 6) is 0.757. The minimum Gasteiger partial charge on any atom is -0.488 e. The number of thioether (sulfide) groups is 1. The van der Waals surface area contributed by atoms with Crippen LogP contribution in [-0.2, 0) is 11.4 Å². The van der Waals surface area contributed by atoms with Gasteiger partial charge in [-0.1, -0.05) is 53.4 Å². The number of nitriles is 1. The quantitative estimate of drug-likeness (QED) is 0.413. The maximum absolute atomic E-state index is 13.0. The topological polar surface area (TPSA) is 70.4 Å². The lowest BCUT2D eigenvalue weighted by Crippen LogP contribution is -2.34. The normalized spacial score (nSPS) is 18.2. The number of carbonyl (C=O) groups is 2. The molecule has 2 aliphatic rings. The molecule has 2 aromatic carbocycles. The van der Waals surface area contributed by atoms with Gasteiger partial charge in [-0.3, -0.25) is 14.5 Å². The fourth-order valence-corrected chi connectivity index (χ4v) is 5.32. The summed E-state index contributed by atoms with van der Waals surface area (Å²) in [7, 11) is 0. The Labute approximate surface area is 200 Å². The molecule has 5 nitrogen and oxygen atoms in total. The van der Waals surface area contributed by atoms with E-state index in [1.165, 1.54) is 24.2 Å². The average molecular weight is 511 g/mol. The SMILES string of the molecule is N#Cc1ccccc1COc1ccc(Br)cc1/C=C1/SC(=O)N(CC2CCCCC2)C1=O. The van der Waals surface area contributed by atoms with Gasteiger partial charge in [0.05, 0.1) is 16.5 Å². The van der Waals surface area contributed by atoms with Crippen molar-refractivity contribution < 1.29 is 14.3 Å². The van der Waals surface area contributed by atoms with Crippen LogP contribution in [0.15, 0.2) is 51.8 Å². The smallest absolute Gasteiger partial charge is 0.293 e. The molecule has 0 N–H and O–H groups in total. The van der Waals surface area contributed by atoms with E-state index < -0.39 is 0 Å². The Bertz CT molecular complexity index is 1100. The lowest BCUT2D eigenvalue weighted by Gasteiger charge is -2.25. The van der Waals surface area contributed by atoms with Gasteiger partial charge in [0.25, 0.3) is 11.1 Å². The van der Waals surface area contributed by atoms with Crippen LogP contribution in [0.5, 0.6) is 5.75 Å². The first-order valence-electron chi connectivity index (χ1n) is 10.7. The van der Waals surface area contributed by atoms with E-state index in [4.69, 9.17) is 4.74 Å². The van der Waals surface area contributed by atoms with Crippen molar-refractivity contribution >= 4 is 44.9 Å². The number of nitrogens with zero attached hydrogens (tertiary/aromatic N) is 2. The second-order valence-corrected chi connectivity index (χ2v) is 9.94. The van der Waals surface area contributed by atoms with Crippen LogP contribution >= 0.6 is 27.7 Å². The molecule has 1 aliphatic heterocycles. The second-order valence-electron chi connectivity index (χ2n) is 8.04. The first-order chi connectivity index (χ1) is 15.5. The van der Waals surface area contributed by atoms with E-state index in [-0.39, 0.29) is 17.8 Å². The van der Waals surface area contributed by atoms with Crippen molar-refractivity contribution in [2.75, 3.05) is 6.54 Å². The number of imide groups is 1. The van der Waals surface area contributed by atoms with E-state index in [9.17, 15) is 14.9 Å². The highest BCUT2D eigenvalue weighted by Gasteiger charge is 2.36. The maximum atomic E-state index is 13.0. The fourth-order valence-electron chi connectivity index (χ4n) is 4.10. The summed E-state index contributed by atoms with van der Waals surface area (Å²) in [4.78, 5) is 27.3. The Hall–Kier alpha value is -2.56. The van der Waals surface area contributed by atoms with Gasteiger partial charge in [0.15, 0.2) is 0 Å². The Morgan fingerprint density at radius 1 is 1.16 bits per heavy atom. The number of amides is 2. The lowest BCUT2D eigenvalue weighted by atomic mass is 9.89. The minimum absolute atomic E-state index is 0.202. The van der Waals surface area contributed by atoms with Crippen LogP contribution < -0.4 is 4.74 Å². The van der Waals surface area contributed by atoms with E-state index in [0.29, 0.717) is 34.2 Å². The van der Waals surface area contributed by atoms with Gasteiger partial charge in [0.2, 0.25) is 0 Å². The van der Waals surface area contributed by atoms with Crippen LogP contribution in [0.25, 0.3) is 6.08 Å². The van der Waals surface area contributed by atoms with Crippen molar-refractivity contribution in [3.63, 3.8) is 0 Å². The summed E-state index contributed by atoms with van der Waals surface area (Å²) in [6.07, 6.45) is 7.46. The Morgan fingerprint density at radius 2 is 1.94 bits per heavy atom. The summed E-state index contributed by atoms with van der Waals surface area (Å²) < 4.78 is 6.85. The molecule has 0 spiro atoms. The number of halogens is 1. The molecule has 7 heteroatoms. The largest absolute Gasteiger partial charge is 0.488 e. The van der Waals surface area contributed by atoms with E-state index >= 15 is 0 Å². The third kappa shape index (κ3) is 5.25. The summed E-state index contributed by atoms with van der Waals surface area (Å²) in [5.41, 5.74) is 2.06. The van der Waals surface area contributed by atoms with Crippen molar-refractivity contribution in [3.05, 3.63) is 68.5 Å². The van der Waals surface area contributed by atoms with Crippen LogP contribution in [-0.4, -0.2) is 22.6 Å². The predicted octanol–water partition coefficient (Wildman–Crippen LogP) is 6.52. The van der Waals surface area contributed by atoms with Gasteiger partial charge in [-0.05, 0) is 60.9 Å². The van der Waals surface area contributed by atoms with Gasteiger partial charge in [-0.15, -0.1) is 0 Å². The van der Waals surface area contributed by atoms with Gasteiger partial charge in [-0.2, -0.15) is 5.26 Å². The number of rotatable bonds is 6. The van der Waals surface area contributed by atoms with Crippen molar-refractivity contribution in [2.24, 2.45) is 5.92 Å². The summed E-state index contributed by atoms with van der Waals surface area (Å²) in [6, 6.07) is 15.0. The molecule has 1 aliphatic carbocycles. The standard InChI is InChI=1S/C25H23BrN2O3S/c26-21-10-11-22(31-16-19-9-5-4-8-18(19)14-27)20(12-21)13-23-24(29)28(25(30)32-23)15-17-6-2-1-3-7-17/h4-5,8-13,17H,1-3,6-7,15-16H2/b23-13+. The highest BCUT2D eigenvalue weighted by atomic mass is 79.9. The fraction of sp³-hybridized carbons (Fsp3) is 0.320. The van der Waals surface area contributed by atoms with E-state index in [1.807, 2.05) is 36.4 Å². The van der Waals surface area contributed by atoms with Gasteiger partial charge < -0.3 is 4.74 Å². The number of benzene rings is 2. The number of carbonyl (C=O) groups excluding carboxylic acids is 2. The van der Waals surface area contributed by atoms with Crippen molar-refractivity contribution in [2.45, 2.75) is 38.7 Å². The Balaban J connectivity index is 1.53. The van der Waals surface area contributed by atoms with Crippen LogP contribution in [0.2, 0.25) is 0 Å². The number of ether oxygens (including phenoxy) is 1. The zero-order chi connectivity index (χ0) is 22.5. The molecule has 32 heavy (non-hydrogen) atoms. The molecule has 0 unspecified atom stereocenters. The summed E-state index contributed by atoms with van der Waals surface area (Å²) in [5, 5.41) is 9.09. The van der Waals surface area contributed by atoms with Crippen molar-refractivity contribution in [1.29, 1.82) is 5.26 Å². The predicted molar refractivity (Wildman–Crippen MR) is 129 cm³/mol. The third-order valence-electron chi connectivity index (χ3n) is 5.82. The third-order valence-corrected chi connectivity index (χ3v) is 7.22. The molecule has 164 valence electrons. The molecular formula is C25H23BrN2O3S. The zero-order valence-corrected chi connectivity index (χ0v) is 20.0. The molecule has 2 amide bonds. The lowest BCUT2D eigenvalue weighted by molar-refractivity contribution is -0.123. The highest BCUT2D eigenvalue weighted by Crippen LogP contribution is 2.36. The molecule has 0 aromatic heterocycles. The number of hydrogen-bond donors (Lipinski definition) is 0. The van der Waals surface area contributed by atoms with E-state index in [0.717, 1.165) is 34.6 Å². The highest BCUT2D eigenvalue weighted by molar-refractivity contribution is 9.10. The molecule has 2 fully saturated rings. The minimum atomic E-state index is -0.230. The molecule has 1 saturated carbocycles. The average Bonchev–Trinajstić information content (AvgIpc) is 3.07. The summed E-state index contributed by atoms with van der Waals surface area (Å²) in [6.45, 7) is 0.740. The first kappa shape index (κ1) is 22.6. The molecule has 1 saturated heterocycles. The molecule has 1 heterocycles. The van der Waals surface area contributed by atoms with Crippen molar-refractivity contribution in [3.8, 4) is 11.8 Å². The van der Waals surface area contributed by atoms with Gasteiger partial charge in [-0.25, -0.2) is 0 Å². The van der Waals surface area contributed by atoms with E-state index in [2.05, 4.69) is 22.0 Å². The van der Waals surface area contributed by atoms with Gasteiger partial charge in [0.1, 0.15) is 12.4 Å². The van der Waals surface area contributed by atoms with Crippen LogP contribution in [0.1, 0.15) is 48.8 Å². The molecule has 0 radical (unpaired) electrons. The van der Waals surface area contributed by atoms with E-state index in [1.54, 1.807) is 12.1 Å². The van der Waals surface area contributed by atoms with Crippen LogP contribution in [0.4, 0.5) is 4.79 Å². The Morgan fingerprint density at radius 3 is 2.72 bits per heavy atom. The Kier molecular flexibility index (Phi) is 7.33. The molecule has 0 atom stereocenters. The maximum Gasteiger partial charge on any atom is 0.293 e. The molecule has 2 aromatic rings. The number of hydrogen-bond acceptors (Lipinski definition) is 5. The second kappa shape index (κ2) is 10.4. The van der Waals surface area contributed by atoms with Crippen LogP contribution in [0.3, 0.4) is 0 Å². The summed E-state index contributed by atoms with van der Waals surface area (Å²) >= 11 is 4.46. The zero-order valence-electron chi connectivity index (χ0n) is 17.6. The molecule has 4 rings (SSSR count). The van der Waals surface area contributed by atoms with Gasteiger partial charge in [0, 0.05) is 22.1 Å². The first-order valence-corrected chi connectivity index (χ1v) is 12.3. The van der Waals surface area contributed by atoms with Crippen molar-refractivity contribution in [1.82, 2.24) is 4.90 Å². The monoisotopic (exact) mass is 510 g/mol. The molecule has 0 bridgehead atoms. The molecular weight excluding hydrogens is 488 g/mol. The van der Waals surface area contributed by atoms with Crippen LogP contribution in [0, 0.1) is 17.2 Å².